The highest BCUT2D eigenvalue weighted by Crippen LogP contribution is 2.42. The monoisotopic (exact) mass is 487 g/mol. The van der Waals surface area contributed by atoms with Crippen molar-refractivity contribution in [2.45, 2.75) is 42.8 Å². The zero-order valence-corrected chi connectivity index (χ0v) is 19.4. The molecule has 4 aromatic rings. The van der Waals surface area contributed by atoms with Crippen LogP contribution in [-0.4, -0.2) is 25.0 Å². The van der Waals surface area contributed by atoms with Gasteiger partial charge in [-0.2, -0.15) is 0 Å². The Labute approximate surface area is 199 Å². The van der Waals surface area contributed by atoms with Gasteiger partial charge in [0.2, 0.25) is 11.8 Å². The van der Waals surface area contributed by atoms with E-state index < -0.39 is 0 Å². The van der Waals surface area contributed by atoms with Gasteiger partial charge in [-0.25, -0.2) is 0 Å². The third-order valence-corrected chi connectivity index (χ3v) is 6.57. The van der Waals surface area contributed by atoms with Crippen molar-refractivity contribution in [3.8, 4) is 17.2 Å². The first-order valence-electron chi connectivity index (χ1n) is 10.2. The minimum Gasteiger partial charge on any atom is -0.484 e. The number of thioether (sulfide) groups is 1. The van der Waals surface area contributed by atoms with Crippen LogP contribution in [0.2, 0.25) is 10.0 Å². The Morgan fingerprint density at radius 1 is 1.09 bits per heavy atom. The first kappa shape index (κ1) is 21.3. The number of ether oxygens (including phenoxy) is 1. The molecule has 0 radical (unpaired) electrons. The van der Waals surface area contributed by atoms with E-state index >= 15 is 0 Å². The van der Waals surface area contributed by atoms with Crippen molar-refractivity contribution in [3.63, 3.8) is 0 Å². The van der Waals surface area contributed by atoms with E-state index in [-0.39, 0.29) is 5.25 Å². The molecule has 1 aliphatic carbocycles. The van der Waals surface area contributed by atoms with Crippen LogP contribution in [0.1, 0.15) is 42.8 Å². The van der Waals surface area contributed by atoms with Crippen LogP contribution in [0.4, 0.5) is 0 Å². The van der Waals surface area contributed by atoms with E-state index in [0.717, 1.165) is 29.4 Å². The summed E-state index contributed by atoms with van der Waals surface area (Å²) in [6.07, 6.45) is 2.19. The molecule has 2 heterocycles. The quantitative estimate of drug-likeness (QED) is 0.266. The lowest BCUT2D eigenvalue weighted by atomic mass is 10.2. The highest BCUT2D eigenvalue weighted by molar-refractivity contribution is 7.99. The summed E-state index contributed by atoms with van der Waals surface area (Å²) in [6, 6.07) is 15.1. The van der Waals surface area contributed by atoms with Crippen LogP contribution < -0.4 is 4.74 Å². The minimum atomic E-state index is -0.102. The normalized spacial score (nSPS) is 14.5. The lowest BCUT2D eigenvalue weighted by Crippen LogP contribution is -2.07. The molecule has 0 amide bonds. The van der Waals surface area contributed by atoms with Gasteiger partial charge in [-0.3, -0.25) is 4.57 Å². The summed E-state index contributed by atoms with van der Waals surface area (Å²) in [7, 11) is 0. The Hall–Kier alpha value is -2.55. The van der Waals surface area contributed by atoms with Crippen molar-refractivity contribution < 1.29 is 9.15 Å². The van der Waals surface area contributed by atoms with Crippen molar-refractivity contribution in [2.24, 2.45) is 0 Å². The molecule has 1 atom stereocenters. The molecule has 0 aliphatic heterocycles. The Bertz CT molecular complexity index is 1240. The number of nitrogens with zero attached hydrogens (tertiary/aromatic N) is 5. The summed E-state index contributed by atoms with van der Waals surface area (Å²) in [6.45, 7) is 2.30. The maximum absolute atomic E-state index is 6.20. The summed E-state index contributed by atoms with van der Waals surface area (Å²) in [5.41, 5.74) is 0.786. The predicted molar refractivity (Wildman–Crippen MR) is 123 cm³/mol. The predicted octanol–water partition coefficient (Wildman–Crippen LogP) is 6.40. The second kappa shape index (κ2) is 9.13. The SMILES string of the molecule is C[C@H](Sc1nnc(COc2ccccc2Cl)n1C1CC1)c1nnc(-c2cccc(Cl)c2)o1. The maximum atomic E-state index is 6.20. The van der Waals surface area contributed by atoms with Crippen molar-refractivity contribution in [3.05, 3.63) is 70.3 Å². The summed E-state index contributed by atoms with van der Waals surface area (Å²) in [4.78, 5) is 0. The first-order valence-corrected chi connectivity index (χ1v) is 11.8. The molecule has 2 aromatic carbocycles. The van der Waals surface area contributed by atoms with Gasteiger partial charge in [0.1, 0.15) is 12.4 Å². The highest BCUT2D eigenvalue weighted by atomic mass is 35.5. The Kier molecular flexibility index (Phi) is 6.08. The standard InChI is InChI=1S/C22H19Cl2N5O2S/c1-13(20-26-27-21(31-20)14-5-4-6-15(23)11-14)32-22-28-25-19(29(22)16-9-10-16)12-30-18-8-3-2-7-17(18)24/h2-8,11,13,16H,9-10,12H2,1H3/t13-/m0/s1. The fourth-order valence-electron chi connectivity index (χ4n) is 3.24. The molecule has 1 fully saturated rings. The van der Waals surface area contributed by atoms with Crippen LogP contribution in [0.5, 0.6) is 5.75 Å². The molecule has 164 valence electrons. The van der Waals surface area contributed by atoms with E-state index in [1.54, 1.807) is 18.2 Å². The third-order valence-electron chi connectivity index (χ3n) is 4.98. The van der Waals surface area contributed by atoms with E-state index in [0.29, 0.717) is 40.2 Å². The molecular weight excluding hydrogens is 469 g/mol. The van der Waals surface area contributed by atoms with Crippen LogP contribution in [0.25, 0.3) is 11.5 Å². The van der Waals surface area contributed by atoms with E-state index in [9.17, 15) is 0 Å². The van der Waals surface area contributed by atoms with Crippen LogP contribution >= 0.6 is 35.0 Å². The van der Waals surface area contributed by atoms with E-state index in [2.05, 4.69) is 25.0 Å². The zero-order chi connectivity index (χ0) is 22.1. The van der Waals surface area contributed by atoms with E-state index in [4.69, 9.17) is 32.4 Å². The molecule has 32 heavy (non-hydrogen) atoms. The molecule has 0 N–H and O–H groups in total. The van der Waals surface area contributed by atoms with Crippen LogP contribution in [0.15, 0.2) is 58.1 Å². The number of hydrogen-bond acceptors (Lipinski definition) is 7. The second-order valence-electron chi connectivity index (χ2n) is 7.43. The molecule has 0 saturated heterocycles. The fraction of sp³-hybridized carbons (Fsp3) is 0.273. The minimum absolute atomic E-state index is 0.102. The van der Waals surface area contributed by atoms with Crippen molar-refractivity contribution in [1.82, 2.24) is 25.0 Å². The number of aromatic nitrogens is 5. The number of benzene rings is 2. The van der Waals surface area contributed by atoms with Gasteiger partial charge >= 0.3 is 0 Å². The largest absolute Gasteiger partial charge is 0.484 e. The molecule has 1 aliphatic rings. The van der Waals surface area contributed by atoms with Gasteiger partial charge in [0.15, 0.2) is 11.0 Å². The maximum Gasteiger partial charge on any atom is 0.247 e. The van der Waals surface area contributed by atoms with Crippen LogP contribution in [0, 0.1) is 0 Å². The average molecular weight is 488 g/mol. The summed E-state index contributed by atoms with van der Waals surface area (Å²) >= 11 is 13.8. The molecule has 0 spiro atoms. The fourth-order valence-corrected chi connectivity index (χ4v) is 4.58. The molecule has 5 rings (SSSR count). The number of para-hydroxylation sites is 1. The lowest BCUT2D eigenvalue weighted by Gasteiger charge is -2.12. The molecule has 0 unspecified atom stereocenters. The van der Waals surface area contributed by atoms with Crippen molar-refractivity contribution in [1.29, 1.82) is 0 Å². The van der Waals surface area contributed by atoms with Gasteiger partial charge in [-0.1, -0.05) is 53.2 Å². The van der Waals surface area contributed by atoms with Gasteiger partial charge in [0.05, 0.1) is 10.3 Å². The van der Waals surface area contributed by atoms with Gasteiger partial charge < -0.3 is 9.15 Å². The van der Waals surface area contributed by atoms with E-state index in [1.807, 2.05) is 37.3 Å². The zero-order valence-electron chi connectivity index (χ0n) is 17.1. The molecule has 7 nitrogen and oxygen atoms in total. The molecule has 0 bridgehead atoms. The van der Waals surface area contributed by atoms with Crippen LogP contribution in [0.3, 0.4) is 0 Å². The van der Waals surface area contributed by atoms with Crippen molar-refractivity contribution >= 4 is 35.0 Å². The summed E-state index contributed by atoms with van der Waals surface area (Å²) in [5, 5.41) is 19.1. The third kappa shape index (κ3) is 4.62. The average Bonchev–Trinajstić information content (AvgIpc) is 3.35. The Morgan fingerprint density at radius 3 is 2.72 bits per heavy atom. The molecule has 2 aromatic heterocycles. The Balaban J connectivity index is 1.32. The molecule has 1 saturated carbocycles. The number of hydrogen-bond donors (Lipinski definition) is 0. The van der Waals surface area contributed by atoms with Crippen LogP contribution in [-0.2, 0) is 6.61 Å². The van der Waals surface area contributed by atoms with Gasteiger partial charge in [0, 0.05) is 16.6 Å². The molecular formula is C22H19Cl2N5O2S. The van der Waals surface area contributed by atoms with E-state index in [1.165, 1.54) is 11.8 Å². The topological polar surface area (TPSA) is 78.9 Å². The highest BCUT2D eigenvalue weighted by Gasteiger charge is 2.31. The number of rotatable bonds is 8. The Morgan fingerprint density at radius 2 is 1.94 bits per heavy atom. The number of halogens is 2. The first-order chi connectivity index (χ1) is 15.6. The summed E-state index contributed by atoms with van der Waals surface area (Å²) in [5.74, 6) is 2.35. The van der Waals surface area contributed by atoms with Crippen molar-refractivity contribution in [2.75, 3.05) is 0 Å². The van der Waals surface area contributed by atoms with Gasteiger partial charge in [-0.05, 0) is 50.1 Å². The second-order valence-corrected chi connectivity index (χ2v) is 9.59. The van der Waals surface area contributed by atoms with Gasteiger partial charge in [-0.15, -0.1) is 20.4 Å². The smallest absolute Gasteiger partial charge is 0.247 e. The van der Waals surface area contributed by atoms with Gasteiger partial charge in [0.25, 0.3) is 0 Å². The lowest BCUT2D eigenvalue weighted by molar-refractivity contribution is 0.288. The molecule has 10 heteroatoms. The summed E-state index contributed by atoms with van der Waals surface area (Å²) < 4.78 is 13.9.